The molecule has 0 spiro atoms. The molecule has 0 amide bonds. The number of rotatable bonds is 4. The van der Waals surface area contributed by atoms with Crippen molar-refractivity contribution in [1.29, 1.82) is 0 Å². The molecule has 3 heteroatoms. The first-order chi connectivity index (χ1) is 8.15. The number of Topliss-reactive ketones (excluding diaryl/α,β-unsaturated/α-hetero) is 1. The molecule has 0 atom stereocenters. The minimum absolute atomic E-state index is 0.152. The Morgan fingerprint density at radius 3 is 2.71 bits per heavy atom. The van der Waals surface area contributed by atoms with Crippen molar-refractivity contribution in [3.05, 3.63) is 23.7 Å². The molecule has 1 aliphatic carbocycles. The Morgan fingerprint density at radius 2 is 2.06 bits per heavy atom. The second-order valence-electron chi connectivity index (χ2n) is 5.15. The van der Waals surface area contributed by atoms with Crippen molar-refractivity contribution in [2.45, 2.75) is 45.6 Å². The smallest absolute Gasteiger partial charge is 0.203 e. The third-order valence-electron chi connectivity index (χ3n) is 3.68. The van der Waals surface area contributed by atoms with Crippen LogP contribution in [0.5, 0.6) is 0 Å². The lowest BCUT2D eigenvalue weighted by Gasteiger charge is -2.31. The molecular formula is C14H20O3. The number of hydrogen-bond acceptors (Lipinski definition) is 3. The second-order valence-corrected chi connectivity index (χ2v) is 5.15. The number of carbonyl (C=O) groups is 1. The summed E-state index contributed by atoms with van der Waals surface area (Å²) in [6, 6.07) is 3.60. The van der Waals surface area contributed by atoms with Crippen molar-refractivity contribution in [1.82, 2.24) is 0 Å². The summed E-state index contributed by atoms with van der Waals surface area (Å²) in [7, 11) is 1.62. The zero-order chi connectivity index (χ0) is 12.3. The average molecular weight is 236 g/mol. The van der Waals surface area contributed by atoms with Gasteiger partial charge in [0.1, 0.15) is 12.4 Å². The predicted molar refractivity (Wildman–Crippen MR) is 64.9 cm³/mol. The van der Waals surface area contributed by atoms with Gasteiger partial charge in [-0.25, -0.2) is 0 Å². The summed E-state index contributed by atoms with van der Waals surface area (Å²) in [6.45, 7) is 2.48. The maximum absolute atomic E-state index is 12.4. The van der Waals surface area contributed by atoms with Gasteiger partial charge >= 0.3 is 0 Å². The molecule has 0 unspecified atom stereocenters. The molecule has 17 heavy (non-hydrogen) atoms. The van der Waals surface area contributed by atoms with Crippen LogP contribution in [-0.2, 0) is 11.3 Å². The van der Waals surface area contributed by atoms with Gasteiger partial charge in [0.15, 0.2) is 5.76 Å². The molecule has 0 N–H and O–H groups in total. The summed E-state index contributed by atoms with van der Waals surface area (Å²) in [6.07, 6.45) is 5.50. The number of furan rings is 1. The first-order valence-corrected chi connectivity index (χ1v) is 6.28. The molecule has 1 fully saturated rings. The summed E-state index contributed by atoms with van der Waals surface area (Å²) in [5.74, 6) is 1.36. The highest BCUT2D eigenvalue weighted by Gasteiger charge is 2.36. The number of carbonyl (C=O) groups excluding carboxylic acids is 1. The number of ketones is 1. The van der Waals surface area contributed by atoms with Crippen LogP contribution < -0.4 is 0 Å². The average Bonchev–Trinajstić information content (AvgIpc) is 2.78. The summed E-state index contributed by atoms with van der Waals surface area (Å²) in [4.78, 5) is 12.4. The zero-order valence-electron chi connectivity index (χ0n) is 10.6. The molecule has 1 aromatic heterocycles. The zero-order valence-corrected chi connectivity index (χ0v) is 10.6. The van der Waals surface area contributed by atoms with Crippen molar-refractivity contribution >= 4 is 5.78 Å². The van der Waals surface area contributed by atoms with Gasteiger partial charge in [0.05, 0.1) is 0 Å². The van der Waals surface area contributed by atoms with E-state index in [1.54, 1.807) is 13.2 Å². The maximum atomic E-state index is 12.4. The van der Waals surface area contributed by atoms with Gasteiger partial charge in [-0.2, -0.15) is 0 Å². The molecule has 0 bridgehead atoms. The molecule has 1 aromatic rings. The third-order valence-corrected chi connectivity index (χ3v) is 3.68. The summed E-state index contributed by atoms with van der Waals surface area (Å²) in [5.41, 5.74) is -0.222. The van der Waals surface area contributed by atoms with E-state index in [-0.39, 0.29) is 11.2 Å². The van der Waals surface area contributed by atoms with E-state index in [2.05, 4.69) is 6.92 Å². The molecule has 0 aromatic carbocycles. The SMILES string of the molecule is COCc1ccc(C(=O)C2(C)CCCCC2)o1. The highest BCUT2D eigenvalue weighted by Crippen LogP contribution is 2.38. The van der Waals surface area contributed by atoms with Gasteiger partial charge in [0.25, 0.3) is 0 Å². The Kier molecular flexibility index (Phi) is 3.67. The minimum atomic E-state index is -0.222. The maximum Gasteiger partial charge on any atom is 0.203 e. The molecule has 1 aliphatic rings. The Labute approximate surface area is 102 Å². The lowest BCUT2D eigenvalue weighted by molar-refractivity contribution is 0.0711. The first-order valence-electron chi connectivity index (χ1n) is 6.28. The number of methoxy groups -OCH3 is 1. The molecule has 1 saturated carbocycles. The van der Waals surface area contributed by atoms with Gasteiger partial charge < -0.3 is 9.15 Å². The van der Waals surface area contributed by atoms with E-state index in [0.717, 1.165) is 31.4 Å². The van der Waals surface area contributed by atoms with E-state index in [1.165, 1.54) is 6.42 Å². The van der Waals surface area contributed by atoms with E-state index in [0.29, 0.717) is 12.4 Å². The topological polar surface area (TPSA) is 39.4 Å². The Hall–Kier alpha value is -1.09. The molecule has 2 rings (SSSR count). The van der Waals surface area contributed by atoms with Gasteiger partial charge in [-0.3, -0.25) is 4.79 Å². The van der Waals surface area contributed by atoms with Crippen LogP contribution in [0, 0.1) is 5.41 Å². The number of ether oxygens (including phenoxy) is 1. The van der Waals surface area contributed by atoms with Gasteiger partial charge in [-0.05, 0) is 25.0 Å². The molecule has 0 radical (unpaired) electrons. The van der Waals surface area contributed by atoms with Crippen LogP contribution >= 0.6 is 0 Å². The van der Waals surface area contributed by atoms with Crippen molar-refractivity contribution in [2.75, 3.05) is 7.11 Å². The Morgan fingerprint density at radius 1 is 1.35 bits per heavy atom. The van der Waals surface area contributed by atoms with E-state index in [9.17, 15) is 4.79 Å². The van der Waals surface area contributed by atoms with Crippen molar-refractivity contribution in [3.8, 4) is 0 Å². The van der Waals surface area contributed by atoms with Gasteiger partial charge in [-0.15, -0.1) is 0 Å². The van der Waals surface area contributed by atoms with E-state index < -0.39 is 0 Å². The van der Waals surface area contributed by atoms with Crippen LogP contribution in [0.3, 0.4) is 0 Å². The fourth-order valence-corrected chi connectivity index (χ4v) is 2.58. The fraction of sp³-hybridized carbons (Fsp3) is 0.643. The fourth-order valence-electron chi connectivity index (χ4n) is 2.58. The molecule has 3 nitrogen and oxygen atoms in total. The van der Waals surface area contributed by atoms with E-state index in [1.807, 2.05) is 6.07 Å². The van der Waals surface area contributed by atoms with Crippen molar-refractivity contribution < 1.29 is 13.9 Å². The predicted octanol–water partition coefficient (Wildman–Crippen LogP) is 3.58. The lowest BCUT2D eigenvalue weighted by atomic mass is 9.72. The van der Waals surface area contributed by atoms with Crippen LogP contribution in [0.1, 0.15) is 55.3 Å². The van der Waals surface area contributed by atoms with Gasteiger partial charge in [-0.1, -0.05) is 26.2 Å². The highest BCUT2D eigenvalue weighted by atomic mass is 16.5. The lowest BCUT2D eigenvalue weighted by Crippen LogP contribution is -2.30. The van der Waals surface area contributed by atoms with Gasteiger partial charge in [0, 0.05) is 12.5 Å². The normalized spacial score (nSPS) is 19.2. The van der Waals surface area contributed by atoms with Crippen LogP contribution in [0.25, 0.3) is 0 Å². The minimum Gasteiger partial charge on any atom is -0.455 e. The van der Waals surface area contributed by atoms with Crippen LogP contribution in [-0.4, -0.2) is 12.9 Å². The molecule has 1 heterocycles. The van der Waals surface area contributed by atoms with E-state index >= 15 is 0 Å². The van der Waals surface area contributed by atoms with Crippen LogP contribution in [0.15, 0.2) is 16.5 Å². The van der Waals surface area contributed by atoms with E-state index in [4.69, 9.17) is 9.15 Å². The Balaban J connectivity index is 2.12. The summed E-state index contributed by atoms with van der Waals surface area (Å²) < 4.78 is 10.5. The quantitative estimate of drug-likeness (QED) is 0.750. The molecule has 94 valence electrons. The highest BCUT2D eigenvalue weighted by molar-refractivity contribution is 5.98. The summed E-state index contributed by atoms with van der Waals surface area (Å²) >= 11 is 0. The monoisotopic (exact) mass is 236 g/mol. The Bertz CT molecular complexity index is 386. The first kappa shape index (κ1) is 12.4. The van der Waals surface area contributed by atoms with Crippen molar-refractivity contribution in [2.24, 2.45) is 5.41 Å². The largest absolute Gasteiger partial charge is 0.455 e. The number of hydrogen-bond donors (Lipinski definition) is 0. The molecular weight excluding hydrogens is 216 g/mol. The summed E-state index contributed by atoms with van der Waals surface area (Å²) in [5, 5.41) is 0. The molecule has 0 saturated heterocycles. The van der Waals surface area contributed by atoms with Crippen LogP contribution in [0.2, 0.25) is 0 Å². The third kappa shape index (κ3) is 2.60. The van der Waals surface area contributed by atoms with Gasteiger partial charge in [0.2, 0.25) is 5.78 Å². The second kappa shape index (κ2) is 5.05. The standard InChI is InChI=1S/C14H20O3/c1-14(8-4-3-5-9-14)13(15)12-7-6-11(17-12)10-16-2/h6-7H,3-5,8-10H2,1-2H3. The van der Waals surface area contributed by atoms with Crippen molar-refractivity contribution in [3.63, 3.8) is 0 Å². The van der Waals surface area contributed by atoms with Crippen LogP contribution in [0.4, 0.5) is 0 Å². The molecule has 0 aliphatic heterocycles.